The summed E-state index contributed by atoms with van der Waals surface area (Å²) in [6.45, 7) is 4.32. The van der Waals surface area contributed by atoms with Crippen LogP contribution in [0.25, 0.3) is 11.1 Å². The molecule has 3 aromatic rings. The van der Waals surface area contributed by atoms with Crippen LogP contribution >= 0.6 is 23.2 Å². The summed E-state index contributed by atoms with van der Waals surface area (Å²) in [5.74, 6) is -0.458. The fourth-order valence-corrected chi connectivity index (χ4v) is 5.37. The second-order valence-electron chi connectivity index (χ2n) is 10.1. The Hall–Kier alpha value is -3.31. The summed E-state index contributed by atoms with van der Waals surface area (Å²) < 4.78 is 50.7. The number of carbonyl (C=O) groups excluding carboxylic acids is 2. The van der Waals surface area contributed by atoms with Gasteiger partial charge in [0, 0.05) is 25.7 Å². The molecule has 2 aliphatic rings. The van der Waals surface area contributed by atoms with Crippen molar-refractivity contribution >= 4 is 40.7 Å². The van der Waals surface area contributed by atoms with E-state index in [0.29, 0.717) is 55.4 Å². The molecule has 0 aliphatic carbocycles. The van der Waals surface area contributed by atoms with Gasteiger partial charge in [0.15, 0.2) is 6.61 Å². The molecule has 42 heavy (non-hydrogen) atoms. The standard InChI is InChI=1S/C30H28Cl2F3N3O4/c1-18(38-26-14-23(31)24(32)15-27(26)42-17-28(38)39)29(40)36-25(16-37-9-11-41-12-10-37)20-7-5-19(6-8-20)21-3-2-4-22(13-21)30(33,34)35/h2-8,13-15,18,25H,9-12,16-17H2,1H3,(H,36,40). The average molecular weight is 622 g/mol. The summed E-state index contributed by atoms with van der Waals surface area (Å²) in [5, 5.41) is 3.56. The molecule has 5 rings (SSSR count). The number of morpholine rings is 1. The minimum atomic E-state index is -4.44. The van der Waals surface area contributed by atoms with Gasteiger partial charge in [-0.3, -0.25) is 19.4 Å². The maximum atomic E-state index is 13.6. The van der Waals surface area contributed by atoms with E-state index in [2.05, 4.69) is 10.2 Å². The number of halogens is 5. The van der Waals surface area contributed by atoms with Crippen LogP contribution in [-0.2, 0) is 20.5 Å². The quantitative estimate of drug-likeness (QED) is 0.351. The van der Waals surface area contributed by atoms with Crippen molar-refractivity contribution < 1.29 is 32.2 Å². The van der Waals surface area contributed by atoms with Gasteiger partial charge in [0.1, 0.15) is 11.8 Å². The minimum absolute atomic E-state index is 0.220. The lowest BCUT2D eigenvalue weighted by molar-refractivity contribution is -0.137. The Morgan fingerprint density at radius 3 is 2.38 bits per heavy atom. The number of anilines is 1. The SMILES string of the molecule is CC(C(=O)NC(CN1CCOCC1)c1ccc(-c2cccc(C(F)(F)F)c2)cc1)N1C(=O)COc2cc(Cl)c(Cl)cc21. The number of nitrogens with one attached hydrogen (secondary N) is 1. The number of ether oxygens (including phenoxy) is 2. The number of hydrogen-bond donors (Lipinski definition) is 1. The van der Waals surface area contributed by atoms with E-state index in [1.807, 2.05) is 0 Å². The Balaban J connectivity index is 1.39. The molecule has 7 nitrogen and oxygen atoms in total. The molecule has 2 amide bonds. The Labute approximate surface area is 251 Å². The van der Waals surface area contributed by atoms with E-state index in [4.69, 9.17) is 32.7 Å². The van der Waals surface area contributed by atoms with Crippen LogP contribution in [0.1, 0.15) is 24.1 Å². The number of nitrogens with zero attached hydrogens (tertiary/aromatic N) is 2. The van der Waals surface area contributed by atoms with Crippen molar-refractivity contribution in [2.45, 2.75) is 25.2 Å². The molecule has 0 aromatic heterocycles. The van der Waals surface area contributed by atoms with Crippen molar-refractivity contribution in [2.24, 2.45) is 0 Å². The van der Waals surface area contributed by atoms with Crippen LogP contribution in [0.5, 0.6) is 5.75 Å². The highest BCUT2D eigenvalue weighted by Gasteiger charge is 2.35. The van der Waals surface area contributed by atoms with Crippen LogP contribution in [-0.4, -0.2) is 62.2 Å². The number of carbonyl (C=O) groups is 2. The summed E-state index contributed by atoms with van der Waals surface area (Å²) in [7, 11) is 0. The predicted molar refractivity (Wildman–Crippen MR) is 154 cm³/mol. The van der Waals surface area contributed by atoms with Crippen molar-refractivity contribution in [3.05, 3.63) is 81.8 Å². The van der Waals surface area contributed by atoms with E-state index in [9.17, 15) is 22.8 Å². The van der Waals surface area contributed by atoms with Crippen LogP contribution in [0.3, 0.4) is 0 Å². The molecule has 3 aromatic carbocycles. The first-order chi connectivity index (χ1) is 20.0. The van der Waals surface area contributed by atoms with Gasteiger partial charge in [-0.2, -0.15) is 13.2 Å². The van der Waals surface area contributed by atoms with Crippen molar-refractivity contribution in [3.63, 3.8) is 0 Å². The lowest BCUT2D eigenvalue weighted by atomic mass is 9.98. The van der Waals surface area contributed by atoms with Crippen LogP contribution in [0, 0.1) is 0 Å². The third-order valence-corrected chi connectivity index (χ3v) is 8.07. The molecular weight excluding hydrogens is 594 g/mol. The first kappa shape index (κ1) is 30.2. The number of alkyl halides is 3. The first-order valence-corrected chi connectivity index (χ1v) is 14.1. The van der Waals surface area contributed by atoms with Gasteiger partial charge >= 0.3 is 6.18 Å². The zero-order valence-corrected chi connectivity index (χ0v) is 24.1. The molecule has 2 atom stereocenters. The van der Waals surface area contributed by atoms with Gasteiger partial charge in [-0.05, 0) is 41.8 Å². The fourth-order valence-electron chi connectivity index (χ4n) is 5.06. The molecule has 1 fully saturated rings. The Morgan fingerprint density at radius 2 is 1.69 bits per heavy atom. The summed E-state index contributed by atoms with van der Waals surface area (Å²) in [5.41, 5.74) is 1.43. The zero-order chi connectivity index (χ0) is 30.0. The number of hydrogen-bond acceptors (Lipinski definition) is 5. The molecule has 0 bridgehead atoms. The average Bonchev–Trinajstić information content (AvgIpc) is 2.97. The largest absolute Gasteiger partial charge is 0.482 e. The second kappa shape index (κ2) is 12.5. The number of amides is 2. The molecule has 0 saturated carbocycles. The fraction of sp³-hybridized carbons (Fsp3) is 0.333. The lowest BCUT2D eigenvalue weighted by Crippen LogP contribution is -2.53. The monoisotopic (exact) mass is 621 g/mol. The van der Waals surface area contributed by atoms with Crippen molar-refractivity contribution in [1.29, 1.82) is 0 Å². The topological polar surface area (TPSA) is 71.1 Å². The maximum Gasteiger partial charge on any atom is 0.416 e. The lowest BCUT2D eigenvalue weighted by Gasteiger charge is -2.35. The smallest absolute Gasteiger partial charge is 0.416 e. The molecule has 1 N–H and O–H groups in total. The highest BCUT2D eigenvalue weighted by Crippen LogP contribution is 2.40. The van der Waals surface area contributed by atoms with E-state index in [1.54, 1.807) is 37.3 Å². The number of rotatable bonds is 7. The Kier molecular flexibility index (Phi) is 8.98. The van der Waals surface area contributed by atoms with E-state index in [-0.39, 0.29) is 16.7 Å². The molecule has 2 heterocycles. The number of fused-ring (bicyclic) bond motifs is 1. The van der Waals surface area contributed by atoms with Gasteiger partial charge < -0.3 is 14.8 Å². The van der Waals surface area contributed by atoms with Crippen molar-refractivity contribution in [2.75, 3.05) is 44.4 Å². The van der Waals surface area contributed by atoms with Gasteiger partial charge in [0.05, 0.1) is 40.6 Å². The summed E-state index contributed by atoms with van der Waals surface area (Å²) >= 11 is 12.3. The normalized spacial score (nSPS) is 17.3. The van der Waals surface area contributed by atoms with E-state index >= 15 is 0 Å². The number of benzene rings is 3. The summed E-state index contributed by atoms with van der Waals surface area (Å²) in [6.07, 6.45) is -4.44. The van der Waals surface area contributed by atoms with E-state index in [1.165, 1.54) is 23.1 Å². The summed E-state index contributed by atoms with van der Waals surface area (Å²) in [6, 6.07) is 13.8. The van der Waals surface area contributed by atoms with Gasteiger partial charge in [-0.25, -0.2) is 0 Å². The third kappa shape index (κ3) is 6.67. The molecule has 12 heteroatoms. The van der Waals surface area contributed by atoms with Crippen LogP contribution < -0.4 is 15.0 Å². The second-order valence-corrected chi connectivity index (χ2v) is 11.0. The highest BCUT2D eigenvalue weighted by atomic mass is 35.5. The van der Waals surface area contributed by atoms with E-state index < -0.39 is 35.6 Å². The Bertz CT molecular complexity index is 1460. The molecule has 2 aliphatic heterocycles. The molecule has 0 spiro atoms. The van der Waals surface area contributed by atoms with Gasteiger partial charge in [-0.15, -0.1) is 0 Å². The maximum absolute atomic E-state index is 13.6. The van der Waals surface area contributed by atoms with Crippen molar-refractivity contribution in [1.82, 2.24) is 10.2 Å². The van der Waals surface area contributed by atoms with Crippen LogP contribution in [0.4, 0.5) is 18.9 Å². The predicted octanol–water partition coefficient (Wildman–Crippen LogP) is 5.98. The Morgan fingerprint density at radius 1 is 1.00 bits per heavy atom. The molecule has 1 saturated heterocycles. The molecule has 0 radical (unpaired) electrons. The third-order valence-electron chi connectivity index (χ3n) is 7.35. The van der Waals surface area contributed by atoms with Crippen LogP contribution in [0.15, 0.2) is 60.7 Å². The molecular formula is C30H28Cl2F3N3O4. The first-order valence-electron chi connectivity index (χ1n) is 13.3. The minimum Gasteiger partial charge on any atom is -0.482 e. The van der Waals surface area contributed by atoms with Crippen molar-refractivity contribution in [3.8, 4) is 16.9 Å². The van der Waals surface area contributed by atoms with E-state index in [0.717, 1.165) is 17.7 Å². The zero-order valence-electron chi connectivity index (χ0n) is 22.6. The highest BCUT2D eigenvalue weighted by molar-refractivity contribution is 6.42. The molecule has 222 valence electrons. The summed E-state index contributed by atoms with van der Waals surface area (Å²) in [4.78, 5) is 30.0. The van der Waals surface area contributed by atoms with Crippen LogP contribution in [0.2, 0.25) is 10.0 Å². The molecule has 2 unspecified atom stereocenters. The van der Waals surface area contributed by atoms with Gasteiger partial charge in [0.25, 0.3) is 5.91 Å². The van der Waals surface area contributed by atoms with Gasteiger partial charge in [0.2, 0.25) is 5.91 Å². The van der Waals surface area contributed by atoms with Gasteiger partial charge in [-0.1, -0.05) is 59.6 Å².